The average molecular weight is 390 g/mol. The number of imide groups is 1. The van der Waals surface area contributed by atoms with E-state index in [0.29, 0.717) is 11.4 Å². The van der Waals surface area contributed by atoms with E-state index < -0.39 is 18.2 Å². The number of urea groups is 1. The largest absolute Gasteiger partial charge is 0.491 e. The number of aliphatic hydroxyl groups is 1. The molecule has 0 spiro atoms. The van der Waals surface area contributed by atoms with Gasteiger partial charge in [0.25, 0.3) is 5.91 Å². The van der Waals surface area contributed by atoms with Gasteiger partial charge in [-0.05, 0) is 42.0 Å². The number of amides is 3. The summed E-state index contributed by atoms with van der Waals surface area (Å²) in [6.07, 6.45) is -0.989. The highest BCUT2D eigenvalue weighted by Gasteiger charge is 2.43. The maximum absolute atomic E-state index is 12.8. The molecule has 0 unspecified atom stereocenters. The van der Waals surface area contributed by atoms with Crippen LogP contribution in [0.25, 0.3) is 10.8 Å². The first-order valence-electron chi connectivity index (χ1n) is 9.54. The van der Waals surface area contributed by atoms with Crippen LogP contribution in [0.1, 0.15) is 6.92 Å². The normalized spacial score (nSPS) is 17.8. The Hall–Kier alpha value is -3.38. The van der Waals surface area contributed by atoms with Gasteiger partial charge in [-0.3, -0.25) is 14.6 Å². The van der Waals surface area contributed by atoms with Gasteiger partial charge in [0.2, 0.25) is 0 Å². The molecule has 6 nitrogen and oxygen atoms in total. The van der Waals surface area contributed by atoms with Crippen LogP contribution in [0.2, 0.25) is 0 Å². The number of anilines is 1. The summed E-state index contributed by atoms with van der Waals surface area (Å²) in [6.45, 7) is 1.55. The molecule has 0 saturated carbocycles. The van der Waals surface area contributed by atoms with Gasteiger partial charge in [0.1, 0.15) is 24.5 Å². The number of fused-ring (bicyclic) bond motifs is 1. The molecule has 1 aliphatic rings. The van der Waals surface area contributed by atoms with Gasteiger partial charge in [-0.25, -0.2) is 4.79 Å². The molecule has 0 aliphatic carbocycles. The third-order valence-corrected chi connectivity index (χ3v) is 5.04. The Balaban J connectivity index is 1.40. The summed E-state index contributed by atoms with van der Waals surface area (Å²) in [4.78, 5) is 27.9. The van der Waals surface area contributed by atoms with E-state index in [-0.39, 0.29) is 19.1 Å². The lowest BCUT2D eigenvalue weighted by atomic mass is 10.1. The first-order chi connectivity index (χ1) is 14.0. The van der Waals surface area contributed by atoms with Crippen molar-refractivity contribution in [3.63, 3.8) is 0 Å². The zero-order chi connectivity index (χ0) is 20.4. The van der Waals surface area contributed by atoms with Crippen LogP contribution in [-0.2, 0) is 4.79 Å². The fourth-order valence-electron chi connectivity index (χ4n) is 3.53. The standard InChI is InChI=1S/C23H22N2O4/c1-16-22(27)24(23(28)25(16)19-9-3-2-4-10-19)14-20(26)15-29-21-12-11-17-7-5-6-8-18(17)13-21/h2-13,16,20,26H,14-15H2,1H3/t16-,20-/m0/s1. The maximum Gasteiger partial charge on any atom is 0.332 e. The molecule has 1 aliphatic heterocycles. The number of para-hydroxylation sites is 1. The van der Waals surface area contributed by atoms with E-state index >= 15 is 0 Å². The maximum atomic E-state index is 12.8. The summed E-state index contributed by atoms with van der Waals surface area (Å²) in [7, 11) is 0. The minimum Gasteiger partial charge on any atom is -0.491 e. The second-order valence-electron chi connectivity index (χ2n) is 7.09. The van der Waals surface area contributed by atoms with Gasteiger partial charge in [-0.15, -0.1) is 0 Å². The number of benzene rings is 3. The summed E-state index contributed by atoms with van der Waals surface area (Å²) in [5.74, 6) is 0.296. The molecule has 6 heteroatoms. The van der Waals surface area contributed by atoms with Crippen molar-refractivity contribution >= 4 is 28.4 Å². The number of aliphatic hydroxyl groups excluding tert-OH is 1. The molecule has 3 amide bonds. The Kier molecular flexibility index (Phi) is 5.18. The predicted octanol–water partition coefficient (Wildman–Crippen LogP) is 3.44. The van der Waals surface area contributed by atoms with Crippen molar-refractivity contribution in [2.45, 2.75) is 19.1 Å². The van der Waals surface area contributed by atoms with Crippen LogP contribution in [0, 0.1) is 0 Å². The summed E-state index contributed by atoms with van der Waals surface area (Å²) in [5, 5.41) is 12.5. The van der Waals surface area contributed by atoms with Gasteiger partial charge < -0.3 is 9.84 Å². The molecule has 148 valence electrons. The lowest BCUT2D eigenvalue weighted by molar-refractivity contribution is -0.128. The van der Waals surface area contributed by atoms with Gasteiger partial charge in [0.05, 0.1) is 6.54 Å². The highest BCUT2D eigenvalue weighted by atomic mass is 16.5. The number of β-amino-alcohol motifs (C(OH)–C–C–N with tert-alkyl or cyclic N) is 1. The van der Waals surface area contributed by atoms with E-state index in [1.165, 1.54) is 4.90 Å². The second kappa shape index (κ2) is 7.93. The monoisotopic (exact) mass is 390 g/mol. The van der Waals surface area contributed by atoms with E-state index in [1.807, 2.05) is 60.7 Å². The third kappa shape index (κ3) is 3.79. The van der Waals surface area contributed by atoms with E-state index in [2.05, 4.69) is 0 Å². The first-order valence-corrected chi connectivity index (χ1v) is 9.54. The molecule has 1 N–H and O–H groups in total. The van der Waals surface area contributed by atoms with Crippen molar-refractivity contribution in [2.75, 3.05) is 18.1 Å². The van der Waals surface area contributed by atoms with Crippen molar-refractivity contribution in [1.29, 1.82) is 0 Å². The molecule has 1 heterocycles. The average Bonchev–Trinajstić information content (AvgIpc) is 2.96. The molecule has 3 aromatic rings. The van der Waals surface area contributed by atoms with Crippen molar-refractivity contribution in [3.05, 3.63) is 72.8 Å². The SMILES string of the molecule is C[C@H]1C(=O)N(C[C@H](O)COc2ccc3ccccc3c2)C(=O)N1c1ccccc1. The molecule has 1 fully saturated rings. The van der Waals surface area contributed by atoms with Crippen molar-refractivity contribution < 1.29 is 19.4 Å². The van der Waals surface area contributed by atoms with Gasteiger partial charge in [-0.2, -0.15) is 0 Å². The van der Waals surface area contributed by atoms with Gasteiger partial charge in [0, 0.05) is 5.69 Å². The number of carbonyl (C=O) groups is 2. The van der Waals surface area contributed by atoms with Crippen LogP contribution in [0.5, 0.6) is 5.75 Å². The minimum atomic E-state index is -0.989. The lowest BCUT2D eigenvalue weighted by Gasteiger charge is -2.20. The Morgan fingerprint density at radius 2 is 1.66 bits per heavy atom. The van der Waals surface area contributed by atoms with Crippen LogP contribution in [-0.4, -0.2) is 47.2 Å². The highest BCUT2D eigenvalue weighted by molar-refractivity contribution is 6.14. The molecule has 0 aromatic heterocycles. The highest BCUT2D eigenvalue weighted by Crippen LogP contribution is 2.26. The summed E-state index contributed by atoms with van der Waals surface area (Å²) in [6, 6.07) is 21.6. The quantitative estimate of drug-likeness (QED) is 0.655. The molecular weight excluding hydrogens is 368 g/mol. The van der Waals surface area contributed by atoms with Gasteiger partial charge in [0.15, 0.2) is 0 Å². The van der Waals surface area contributed by atoms with Crippen molar-refractivity contribution in [1.82, 2.24) is 4.90 Å². The second-order valence-corrected chi connectivity index (χ2v) is 7.09. The first kappa shape index (κ1) is 19.0. The fraction of sp³-hybridized carbons (Fsp3) is 0.217. The predicted molar refractivity (Wildman–Crippen MR) is 111 cm³/mol. The van der Waals surface area contributed by atoms with E-state index in [9.17, 15) is 14.7 Å². The zero-order valence-electron chi connectivity index (χ0n) is 16.1. The van der Waals surface area contributed by atoms with Gasteiger partial charge in [-0.1, -0.05) is 48.5 Å². The van der Waals surface area contributed by atoms with Crippen LogP contribution in [0.3, 0.4) is 0 Å². The summed E-state index contributed by atoms with van der Waals surface area (Å²) < 4.78 is 5.68. The number of hydrogen-bond donors (Lipinski definition) is 1. The lowest BCUT2D eigenvalue weighted by Crippen LogP contribution is -2.40. The molecule has 0 bridgehead atoms. The number of carbonyl (C=O) groups excluding carboxylic acids is 2. The topological polar surface area (TPSA) is 70.1 Å². The Labute approximate surface area is 168 Å². The molecule has 3 aromatic carbocycles. The molecular formula is C23H22N2O4. The fourth-order valence-corrected chi connectivity index (χ4v) is 3.53. The molecule has 0 radical (unpaired) electrons. The molecule has 4 rings (SSSR count). The van der Waals surface area contributed by atoms with Gasteiger partial charge >= 0.3 is 6.03 Å². The number of ether oxygens (including phenoxy) is 1. The van der Waals surface area contributed by atoms with E-state index in [4.69, 9.17) is 4.74 Å². The summed E-state index contributed by atoms with van der Waals surface area (Å²) >= 11 is 0. The van der Waals surface area contributed by atoms with Crippen molar-refractivity contribution in [2.24, 2.45) is 0 Å². The minimum absolute atomic E-state index is 0.0187. The van der Waals surface area contributed by atoms with Crippen LogP contribution in [0.15, 0.2) is 72.8 Å². The van der Waals surface area contributed by atoms with E-state index in [1.54, 1.807) is 19.1 Å². The summed E-state index contributed by atoms with van der Waals surface area (Å²) in [5.41, 5.74) is 0.655. The smallest absolute Gasteiger partial charge is 0.332 e. The molecule has 1 saturated heterocycles. The number of rotatable bonds is 6. The van der Waals surface area contributed by atoms with Crippen LogP contribution in [0.4, 0.5) is 10.5 Å². The zero-order valence-corrected chi connectivity index (χ0v) is 16.1. The Bertz CT molecular complexity index is 1040. The third-order valence-electron chi connectivity index (χ3n) is 5.04. The van der Waals surface area contributed by atoms with Crippen molar-refractivity contribution in [3.8, 4) is 5.75 Å². The Morgan fingerprint density at radius 3 is 2.41 bits per heavy atom. The number of hydrogen-bond acceptors (Lipinski definition) is 4. The Morgan fingerprint density at radius 1 is 0.966 bits per heavy atom. The van der Waals surface area contributed by atoms with Crippen LogP contribution >= 0.6 is 0 Å². The molecule has 2 atom stereocenters. The molecule has 29 heavy (non-hydrogen) atoms. The number of nitrogens with zero attached hydrogens (tertiary/aromatic N) is 2. The van der Waals surface area contributed by atoms with E-state index in [0.717, 1.165) is 15.7 Å². The van der Waals surface area contributed by atoms with Crippen LogP contribution < -0.4 is 9.64 Å².